The van der Waals surface area contributed by atoms with Crippen molar-refractivity contribution in [3.8, 4) is 44.5 Å². The lowest BCUT2D eigenvalue weighted by atomic mass is 9.72. The van der Waals surface area contributed by atoms with Gasteiger partial charge in [0.15, 0.2) is 0 Å². The molecule has 0 aromatic heterocycles. The zero-order chi connectivity index (χ0) is 71.1. The standard InChI is InChI=1S/C100H86N4/c1-64-30-27-43-74(52-64)103(72-39-23-15-24-40-72)79-53-65(2)93-85-62-90-86(63-89(85)97(4,5)91(93)60-79)94-66(3)54-80(61-92(94)98(90,6)7)104(73-41-25-16-26-42-73)76-45-29-32-68(57-76)55-67-31-28-44-75(56-67)102(71-37-21-14-22-38-71)78-47-49-82-84-51-50-83-81-48-46-77(101(69-33-17-12-18-34-69)70-35-19-13-20-36-70)58-87(81)99(8,9)95(83)96(84)100(10,11)88(82)59-78/h12-54,56-63H,55H2,1-11H3. The van der Waals surface area contributed by atoms with Gasteiger partial charge >= 0.3 is 0 Å². The Bertz CT molecular complexity index is 5710. The average molecular weight is 1340 g/mol. The molecule has 0 fully saturated rings. The molecule has 14 aromatic rings. The van der Waals surface area contributed by atoms with Crippen LogP contribution in [-0.4, -0.2) is 0 Å². The van der Waals surface area contributed by atoms with Crippen LogP contribution in [0.2, 0.25) is 0 Å². The highest BCUT2D eigenvalue weighted by molar-refractivity contribution is 5.97. The van der Waals surface area contributed by atoms with Gasteiger partial charge < -0.3 is 19.6 Å². The van der Waals surface area contributed by atoms with Gasteiger partial charge in [-0.15, -0.1) is 0 Å². The van der Waals surface area contributed by atoms with Crippen molar-refractivity contribution in [3.63, 3.8) is 0 Å². The second-order valence-corrected chi connectivity index (χ2v) is 31.6. The lowest BCUT2D eigenvalue weighted by molar-refractivity contribution is 0.601. The zero-order valence-electron chi connectivity index (χ0n) is 61.4. The first kappa shape index (κ1) is 64.4. The van der Waals surface area contributed by atoms with Gasteiger partial charge in [-0.1, -0.05) is 207 Å². The van der Waals surface area contributed by atoms with Crippen molar-refractivity contribution in [1.29, 1.82) is 0 Å². The minimum Gasteiger partial charge on any atom is -0.310 e. The van der Waals surface area contributed by atoms with Crippen LogP contribution in [0, 0.1) is 20.8 Å². The molecular formula is C100H86N4. The lowest BCUT2D eigenvalue weighted by Crippen LogP contribution is -2.24. The van der Waals surface area contributed by atoms with Gasteiger partial charge in [-0.3, -0.25) is 0 Å². The molecular weight excluding hydrogens is 1260 g/mol. The number of hydrogen-bond donors (Lipinski definition) is 0. The number of benzene rings is 14. The van der Waals surface area contributed by atoms with Crippen LogP contribution in [0.5, 0.6) is 0 Å². The van der Waals surface area contributed by atoms with Crippen LogP contribution in [0.3, 0.4) is 0 Å². The van der Waals surface area contributed by atoms with E-state index in [0.717, 1.165) is 69.0 Å². The fourth-order valence-electron chi connectivity index (χ4n) is 18.6. The molecule has 4 aliphatic carbocycles. The topological polar surface area (TPSA) is 13.0 Å². The monoisotopic (exact) mass is 1340 g/mol. The average Bonchev–Trinajstić information content (AvgIpc) is 1.54. The Hall–Kier alpha value is -11.7. The minimum absolute atomic E-state index is 0.237. The Morgan fingerprint density at radius 3 is 0.865 bits per heavy atom. The quantitative estimate of drug-likeness (QED) is 0.108. The summed E-state index contributed by atoms with van der Waals surface area (Å²) in [5.74, 6) is 0. The van der Waals surface area contributed by atoms with E-state index >= 15 is 0 Å². The molecule has 0 bridgehead atoms. The molecule has 0 saturated heterocycles. The Kier molecular flexibility index (Phi) is 15.0. The predicted molar refractivity (Wildman–Crippen MR) is 439 cm³/mol. The van der Waals surface area contributed by atoms with E-state index in [1.807, 2.05) is 0 Å². The van der Waals surface area contributed by atoms with E-state index in [0.29, 0.717) is 0 Å². The van der Waals surface area contributed by atoms with Crippen LogP contribution in [0.1, 0.15) is 128 Å². The molecule has 18 rings (SSSR count). The first-order valence-electron chi connectivity index (χ1n) is 37.0. The number of para-hydroxylation sites is 5. The molecule has 4 nitrogen and oxygen atoms in total. The molecule has 0 amide bonds. The molecule has 14 aromatic carbocycles. The summed E-state index contributed by atoms with van der Waals surface area (Å²) in [6, 6.07) is 116. The maximum atomic E-state index is 2.57. The first-order chi connectivity index (χ1) is 50.3. The number of nitrogens with zero attached hydrogens (tertiary/aromatic N) is 4. The number of anilines is 12. The van der Waals surface area contributed by atoms with E-state index in [4.69, 9.17) is 0 Å². The largest absolute Gasteiger partial charge is 0.310 e. The van der Waals surface area contributed by atoms with Crippen molar-refractivity contribution in [1.82, 2.24) is 0 Å². The smallest absolute Gasteiger partial charge is 0.0467 e. The molecule has 0 spiro atoms. The summed E-state index contributed by atoms with van der Waals surface area (Å²) in [6.45, 7) is 26.4. The molecule has 506 valence electrons. The molecule has 0 radical (unpaired) electrons. The second kappa shape index (κ2) is 24.2. The predicted octanol–water partition coefficient (Wildman–Crippen LogP) is 27.3. The van der Waals surface area contributed by atoms with E-state index in [-0.39, 0.29) is 21.7 Å². The van der Waals surface area contributed by atoms with Crippen molar-refractivity contribution in [3.05, 3.63) is 382 Å². The molecule has 0 saturated carbocycles. The summed E-state index contributed by atoms with van der Waals surface area (Å²) in [4.78, 5) is 9.75. The Morgan fingerprint density at radius 2 is 0.500 bits per heavy atom. The zero-order valence-corrected chi connectivity index (χ0v) is 61.4. The summed E-state index contributed by atoms with van der Waals surface area (Å²) in [7, 11) is 0. The Labute approximate surface area is 614 Å². The van der Waals surface area contributed by atoms with Crippen LogP contribution in [-0.2, 0) is 28.1 Å². The summed E-state index contributed by atoms with van der Waals surface area (Å²) in [6.07, 6.45) is 0.759. The van der Waals surface area contributed by atoms with Crippen LogP contribution >= 0.6 is 0 Å². The molecule has 0 atom stereocenters. The summed E-state index contributed by atoms with van der Waals surface area (Å²) >= 11 is 0. The molecule has 0 N–H and O–H groups in total. The highest BCUT2D eigenvalue weighted by Gasteiger charge is 2.47. The first-order valence-corrected chi connectivity index (χ1v) is 37.0. The third kappa shape index (κ3) is 10.2. The fraction of sp³-hybridized carbons (Fsp3) is 0.160. The number of fused-ring (bicyclic) bond motifs is 13. The van der Waals surface area contributed by atoms with Gasteiger partial charge in [0.2, 0.25) is 0 Å². The minimum atomic E-state index is -0.289. The van der Waals surface area contributed by atoms with Gasteiger partial charge in [-0.05, 0) is 302 Å². The number of rotatable bonds is 14. The van der Waals surface area contributed by atoms with Gasteiger partial charge in [0.05, 0.1) is 0 Å². The van der Waals surface area contributed by atoms with E-state index < -0.39 is 0 Å². The van der Waals surface area contributed by atoms with Crippen LogP contribution in [0.15, 0.2) is 309 Å². The van der Waals surface area contributed by atoms with E-state index in [1.165, 1.54) is 123 Å². The summed E-state index contributed by atoms with van der Waals surface area (Å²) in [5.41, 5.74) is 40.9. The maximum Gasteiger partial charge on any atom is 0.0467 e. The van der Waals surface area contributed by atoms with Crippen molar-refractivity contribution in [2.24, 2.45) is 0 Å². The van der Waals surface area contributed by atoms with Crippen LogP contribution < -0.4 is 19.6 Å². The van der Waals surface area contributed by atoms with Crippen molar-refractivity contribution in [2.45, 2.75) is 104 Å². The molecule has 104 heavy (non-hydrogen) atoms. The summed E-state index contributed by atoms with van der Waals surface area (Å²) < 4.78 is 0. The highest BCUT2D eigenvalue weighted by atomic mass is 15.2. The van der Waals surface area contributed by atoms with Gasteiger partial charge in [0.25, 0.3) is 0 Å². The maximum absolute atomic E-state index is 2.57. The van der Waals surface area contributed by atoms with Gasteiger partial charge in [-0.25, -0.2) is 0 Å². The van der Waals surface area contributed by atoms with E-state index in [9.17, 15) is 0 Å². The van der Waals surface area contributed by atoms with Crippen LogP contribution in [0.4, 0.5) is 68.2 Å². The van der Waals surface area contributed by atoms with E-state index in [1.54, 1.807) is 0 Å². The molecule has 0 heterocycles. The molecule has 4 heteroatoms. The fourth-order valence-corrected chi connectivity index (χ4v) is 18.6. The third-order valence-electron chi connectivity index (χ3n) is 23.5. The Balaban J connectivity index is 0.656. The SMILES string of the molecule is Cc1cccc(N(c2ccccc2)c2cc(C)c3c(c2)C(C)(C)c2cc4c(cc2-3)C(C)(C)c2cc(N(c3ccccc3)c3cccc(Cc5cccc(N(c6ccccc6)c6ccc7c(c6)C(C)(C)c6c-7ccc7c6C(C)(C)c6cc(N(c8ccccc8)c8ccccc8)ccc6-7)c5)c3)cc(C)c2-4)c1. The summed E-state index contributed by atoms with van der Waals surface area (Å²) in [5, 5.41) is 0. The second-order valence-electron chi connectivity index (χ2n) is 31.6. The van der Waals surface area contributed by atoms with Crippen molar-refractivity contribution >= 4 is 68.2 Å². The highest BCUT2D eigenvalue weighted by Crippen LogP contribution is 2.62. The van der Waals surface area contributed by atoms with Gasteiger partial charge in [0.1, 0.15) is 0 Å². The molecule has 0 aliphatic heterocycles. The van der Waals surface area contributed by atoms with Gasteiger partial charge in [0, 0.05) is 89.9 Å². The third-order valence-corrected chi connectivity index (χ3v) is 23.5. The number of hydrogen-bond acceptors (Lipinski definition) is 4. The van der Waals surface area contributed by atoms with Gasteiger partial charge in [-0.2, -0.15) is 0 Å². The van der Waals surface area contributed by atoms with Crippen molar-refractivity contribution < 1.29 is 0 Å². The van der Waals surface area contributed by atoms with Crippen LogP contribution in [0.25, 0.3) is 44.5 Å². The molecule has 0 unspecified atom stereocenters. The van der Waals surface area contributed by atoms with Crippen molar-refractivity contribution in [2.75, 3.05) is 19.6 Å². The number of aryl methyl sites for hydroxylation is 3. The normalized spacial score (nSPS) is 14.5. The molecule has 4 aliphatic rings. The lowest BCUT2D eigenvalue weighted by Gasteiger charge is -2.32. The van der Waals surface area contributed by atoms with E-state index in [2.05, 4.69) is 405 Å². The Morgan fingerprint density at radius 1 is 0.212 bits per heavy atom.